The van der Waals surface area contributed by atoms with Crippen molar-refractivity contribution in [3.05, 3.63) is 65.7 Å². The maximum Gasteiger partial charge on any atom is 0.408 e. The number of rotatable bonds is 10. The molecule has 1 heterocycles. The lowest BCUT2D eigenvalue weighted by Gasteiger charge is -2.33. The molecule has 10 heteroatoms. The molecule has 3 N–H and O–H groups in total. The summed E-state index contributed by atoms with van der Waals surface area (Å²) in [5.41, 5.74) is 1.67. The smallest absolute Gasteiger partial charge is 0.408 e. The third kappa shape index (κ3) is 7.43. The van der Waals surface area contributed by atoms with Gasteiger partial charge in [0.05, 0.1) is 19.0 Å². The van der Waals surface area contributed by atoms with Gasteiger partial charge in [0.15, 0.2) is 12.7 Å². The largest absolute Gasteiger partial charge is 0.497 e. The number of amides is 3. The van der Waals surface area contributed by atoms with Crippen LogP contribution in [0.3, 0.4) is 0 Å². The lowest BCUT2D eigenvalue weighted by molar-refractivity contribution is -0.147. The number of thioether (sulfide) groups is 1. The molecule has 202 valence electrons. The summed E-state index contributed by atoms with van der Waals surface area (Å²) in [5.74, 6) is 2.12. The van der Waals surface area contributed by atoms with Crippen molar-refractivity contribution in [1.82, 2.24) is 15.5 Å². The minimum absolute atomic E-state index is 0.164. The van der Waals surface area contributed by atoms with E-state index in [1.807, 2.05) is 56.3 Å². The number of aliphatic hydroxyl groups excluding tert-OH is 1. The molecular formula is C28H33N3O6S. The van der Waals surface area contributed by atoms with Crippen LogP contribution in [-0.2, 0) is 27.3 Å². The van der Waals surface area contributed by atoms with Gasteiger partial charge in [0, 0.05) is 11.3 Å². The molecule has 0 bridgehead atoms. The maximum absolute atomic E-state index is 13.6. The van der Waals surface area contributed by atoms with E-state index in [0.717, 1.165) is 11.1 Å². The predicted molar refractivity (Wildman–Crippen MR) is 145 cm³/mol. The second-order valence-corrected chi connectivity index (χ2v) is 10.9. The summed E-state index contributed by atoms with van der Waals surface area (Å²) in [5, 5.41) is 16.6. The predicted octanol–water partition coefficient (Wildman–Crippen LogP) is 2.32. The first-order valence-corrected chi connectivity index (χ1v) is 13.1. The van der Waals surface area contributed by atoms with Crippen molar-refractivity contribution in [3.8, 4) is 18.1 Å². The molecule has 9 nitrogen and oxygen atoms in total. The number of terminal acetylenes is 1. The Balaban J connectivity index is 1.75. The van der Waals surface area contributed by atoms with Gasteiger partial charge in [0.25, 0.3) is 5.91 Å². The number of alkyl carbamates (subject to hydrolysis) is 1. The highest BCUT2D eigenvalue weighted by atomic mass is 32.2. The van der Waals surface area contributed by atoms with Crippen molar-refractivity contribution in [2.24, 2.45) is 0 Å². The summed E-state index contributed by atoms with van der Waals surface area (Å²) < 4.78 is 9.46. The first kappa shape index (κ1) is 28.9. The highest BCUT2D eigenvalue weighted by Crippen LogP contribution is 2.40. The molecule has 38 heavy (non-hydrogen) atoms. The molecule has 3 amide bonds. The highest BCUT2D eigenvalue weighted by Gasteiger charge is 2.49. The summed E-state index contributed by atoms with van der Waals surface area (Å²) in [4.78, 5) is 40.5. The van der Waals surface area contributed by atoms with Gasteiger partial charge in [-0.1, -0.05) is 48.4 Å². The van der Waals surface area contributed by atoms with Crippen LogP contribution in [0.4, 0.5) is 4.79 Å². The zero-order valence-corrected chi connectivity index (χ0v) is 22.5. The van der Waals surface area contributed by atoms with Gasteiger partial charge in [-0.25, -0.2) is 4.79 Å². The van der Waals surface area contributed by atoms with E-state index < -0.39 is 34.9 Å². The summed E-state index contributed by atoms with van der Waals surface area (Å²) in [6.45, 7) is 3.78. The molecule has 3 rings (SSSR count). The zero-order chi connectivity index (χ0) is 27.7. The van der Waals surface area contributed by atoms with Crippen LogP contribution in [0.1, 0.15) is 25.0 Å². The molecule has 0 aromatic heterocycles. The molecule has 1 unspecified atom stereocenters. The number of hydrogen-bond donors (Lipinski definition) is 3. The van der Waals surface area contributed by atoms with Crippen LogP contribution in [-0.4, -0.2) is 70.4 Å². The second-order valence-electron chi connectivity index (χ2n) is 9.32. The van der Waals surface area contributed by atoms with Gasteiger partial charge in [-0.15, -0.1) is 18.2 Å². The summed E-state index contributed by atoms with van der Waals surface area (Å²) in [6.07, 6.45) is 2.85. The first-order chi connectivity index (χ1) is 18.2. The number of carbonyl (C=O) groups is 3. The number of nitrogens with one attached hydrogen (secondary N) is 2. The standard InChI is InChI=1S/C28H33N3O6S/c1-5-15-37-27(35)30-22(16-19-9-7-6-8-10-19)23(32)26(34)31-18-38-28(2,3)24(31)25(33)29-17-20-11-13-21(36-4)14-12-20/h1,6-14,22-24,32H,15-18H2,2-4H3,(H,29,33)(H,30,35)/t22-,23-,24?/m0/s1. The fourth-order valence-corrected chi connectivity index (χ4v) is 5.33. The van der Waals surface area contributed by atoms with Gasteiger partial charge in [-0.2, -0.15) is 0 Å². The van der Waals surface area contributed by atoms with E-state index in [1.165, 1.54) is 16.7 Å². The maximum atomic E-state index is 13.6. The number of methoxy groups -OCH3 is 1. The van der Waals surface area contributed by atoms with E-state index >= 15 is 0 Å². The van der Waals surface area contributed by atoms with E-state index in [2.05, 4.69) is 16.6 Å². The first-order valence-electron chi connectivity index (χ1n) is 12.1. The fraction of sp³-hybridized carbons (Fsp3) is 0.393. The van der Waals surface area contributed by atoms with E-state index in [-0.39, 0.29) is 31.4 Å². The Morgan fingerprint density at radius 1 is 1.16 bits per heavy atom. The van der Waals surface area contributed by atoms with Gasteiger partial charge in [0.1, 0.15) is 11.8 Å². The number of nitrogens with zero attached hydrogens (tertiary/aromatic N) is 1. The average Bonchev–Trinajstić information content (AvgIpc) is 3.24. The lowest BCUT2D eigenvalue weighted by Crippen LogP contribution is -2.58. The van der Waals surface area contributed by atoms with E-state index in [1.54, 1.807) is 19.2 Å². The minimum Gasteiger partial charge on any atom is -0.497 e. The number of aliphatic hydroxyl groups is 1. The molecule has 2 aromatic carbocycles. The molecule has 1 aliphatic rings. The van der Waals surface area contributed by atoms with Crippen molar-refractivity contribution in [1.29, 1.82) is 0 Å². The van der Waals surface area contributed by atoms with E-state index in [9.17, 15) is 19.5 Å². The van der Waals surface area contributed by atoms with E-state index in [0.29, 0.717) is 5.75 Å². The van der Waals surface area contributed by atoms with Gasteiger partial charge < -0.3 is 30.1 Å². The van der Waals surface area contributed by atoms with Crippen LogP contribution >= 0.6 is 11.8 Å². The Labute approximate surface area is 227 Å². The van der Waals surface area contributed by atoms with Crippen molar-refractivity contribution < 1.29 is 29.0 Å². The summed E-state index contributed by atoms with van der Waals surface area (Å²) in [6, 6.07) is 14.6. The van der Waals surface area contributed by atoms with Crippen molar-refractivity contribution in [3.63, 3.8) is 0 Å². The Morgan fingerprint density at radius 3 is 2.47 bits per heavy atom. The van der Waals surface area contributed by atoms with Crippen LogP contribution in [0.15, 0.2) is 54.6 Å². The molecule has 2 aromatic rings. The molecule has 0 spiro atoms. The zero-order valence-electron chi connectivity index (χ0n) is 21.7. The molecule has 1 saturated heterocycles. The van der Waals surface area contributed by atoms with Crippen LogP contribution < -0.4 is 15.4 Å². The topological polar surface area (TPSA) is 117 Å². The SMILES string of the molecule is C#CCOC(=O)N[C@@H](Cc1ccccc1)[C@H](O)C(=O)N1CSC(C)(C)C1C(=O)NCc1ccc(OC)cc1. The third-order valence-electron chi connectivity index (χ3n) is 6.23. The molecular weight excluding hydrogens is 506 g/mol. The normalized spacial score (nSPS) is 17.6. The summed E-state index contributed by atoms with van der Waals surface area (Å²) >= 11 is 1.44. The average molecular weight is 540 g/mol. The fourth-order valence-electron chi connectivity index (χ4n) is 4.19. The van der Waals surface area contributed by atoms with Gasteiger partial charge in [-0.05, 0) is 43.5 Å². The minimum atomic E-state index is -1.63. The monoisotopic (exact) mass is 539 g/mol. The molecule has 1 aliphatic heterocycles. The number of carbonyl (C=O) groups excluding carboxylic acids is 3. The molecule has 0 aliphatic carbocycles. The Hall–Kier alpha value is -3.68. The summed E-state index contributed by atoms with van der Waals surface area (Å²) in [7, 11) is 1.58. The quantitative estimate of drug-likeness (QED) is 0.397. The van der Waals surface area contributed by atoms with Crippen molar-refractivity contribution >= 4 is 29.7 Å². The molecule has 0 radical (unpaired) electrons. The van der Waals surface area contributed by atoms with Gasteiger partial charge in [-0.3, -0.25) is 9.59 Å². The van der Waals surface area contributed by atoms with Crippen molar-refractivity contribution in [2.45, 2.75) is 49.7 Å². The van der Waals surface area contributed by atoms with Crippen LogP contribution in [0, 0.1) is 12.3 Å². The number of benzene rings is 2. The van der Waals surface area contributed by atoms with Crippen LogP contribution in [0.2, 0.25) is 0 Å². The Morgan fingerprint density at radius 2 is 1.84 bits per heavy atom. The van der Waals surface area contributed by atoms with Gasteiger partial charge in [0.2, 0.25) is 5.91 Å². The van der Waals surface area contributed by atoms with Crippen LogP contribution in [0.5, 0.6) is 5.75 Å². The Bertz CT molecular complexity index is 1150. The van der Waals surface area contributed by atoms with Crippen LogP contribution in [0.25, 0.3) is 0 Å². The Kier molecular flexibility index (Phi) is 10.0. The second kappa shape index (κ2) is 13.2. The third-order valence-corrected chi connectivity index (χ3v) is 7.60. The lowest BCUT2D eigenvalue weighted by atomic mass is 9.97. The highest BCUT2D eigenvalue weighted by molar-refractivity contribution is 8.00. The van der Waals surface area contributed by atoms with E-state index in [4.69, 9.17) is 15.9 Å². The van der Waals surface area contributed by atoms with Gasteiger partial charge >= 0.3 is 6.09 Å². The number of ether oxygens (including phenoxy) is 2. The molecule has 1 fully saturated rings. The number of hydrogen-bond acceptors (Lipinski definition) is 7. The molecule has 3 atom stereocenters. The van der Waals surface area contributed by atoms with Crippen molar-refractivity contribution in [2.75, 3.05) is 19.6 Å². The molecule has 0 saturated carbocycles.